The molecule has 0 saturated heterocycles. The van der Waals surface area contributed by atoms with Gasteiger partial charge in [0, 0.05) is 6.54 Å². The van der Waals surface area contributed by atoms with Gasteiger partial charge in [-0.15, -0.1) is 0 Å². The Bertz CT molecular complexity index is 608. The van der Waals surface area contributed by atoms with Crippen LogP contribution in [0.1, 0.15) is 25.2 Å². The van der Waals surface area contributed by atoms with Gasteiger partial charge in [0.1, 0.15) is 12.4 Å². The van der Waals surface area contributed by atoms with Gasteiger partial charge in [0.2, 0.25) is 0 Å². The zero-order valence-corrected chi connectivity index (χ0v) is 13.9. The summed E-state index contributed by atoms with van der Waals surface area (Å²) in [4.78, 5) is 12.1. The summed E-state index contributed by atoms with van der Waals surface area (Å²) < 4.78 is 8.31. The molecular weight excluding hydrogens is 332 g/mol. The number of nitrogens with zero attached hydrogens (tertiary/aromatic N) is 2. The first-order valence-electron chi connectivity index (χ1n) is 7.09. The molecule has 0 radical (unpaired) electrons. The van der Waals surface area contributed by atoms with E-state index in [0.717, 1.165) is 28.8 Å². The lowest BCUT2D eigenvalue weighted by Gasteiger charge is -2.07. The lowest BCUT2D eigenvalue weighted by Crippen LogP contribution is -2.16. The van der Waals surface area contributed by atoms with Crippen LogP contribution in [0.25, 0.3) is 0 Å². The molecule has 0 atom stereocenters. The highest BCUT2D eigenvalue weighted by molar-refractivity contribution is 9.10. The van der Waals surface area contributed by atoms with Gasteiger partial charge in [-0.3, -0.25) is 9.48 Å². The van der Waals surface area contributed by atoms with Crippen LogP contribution in [0.15, 0.2) is 34.8 Å². The van der Waals surface area contributed by atoms with Gasteiger partial charge in [-0.2, -0.15) is 5.10 Å². The van der Waals surface area contributed by atoms with Gasteiger partial charge in [0.05, 0.1) is 22.3 Å². The molecule has 0 fully saturated rings. The van der Waals surface area contributed by atoms with Crippen molar-refractivity contribution in [1.29, 1.82) is 0 Å². The van der Waals surface area contributed by atoms with Crippen LogP contribution < -0.4 is 4.74 Å². The zero-order valence-electron chi connectivity index (χ0n) is 12.3. The highest BCUT2D eigenvalue weighted by Gasteiger charge is 2.17. The van der Waals surface area contributed by atoms with Crippen LogP contribution in [0.4, 0.5) is 0 Å². The molecule has 0 aliphatic rings. The zero-order chi connectivity index (χ0) is 15.2. The minimum Gasteiger partial charge on any atom is -0.486 e. The maximum Gasteiger partial charge on any atom is 0.176 e. The maximum absolute atomic E-state index is 12.1. The van der Waals surface area contributed by atoms with Crippen LogP contribution in [-0.2, 0) is 24.2 Å². The Morgan fingerprint density at radius 3 is 2.62 bits per heavy atom. The average molecular weight is 351 g/mol. The summed E-state index contributed by atoms with van der Waals surface area (Å²) in [7, 11) is 0. The Morgan fingerprint density at radius 1 is 1.29 bits per heavy atom. The van der Waals surface area contributed by atoms with E-state index < -0.39 is 0 Å². The minimum atomic E-state index is 0.0387. The molecule has 0 aliphatic carbocycles. The minimum absolute atomic E-state index is 0.0387. The lowest BCUT2D eigenvalue weighted by atomic mass is 10.2. The Kier molecular flexibility index (Phi) is 5.56. The van der Waals surface area contributed by atoms with E-state index >= 15 is 0 Å². The molecule has 2 aromatic rings. The molecule has 4 nitrogen and oxygen atoms in total. The van der Waals surface area contributed by atoms with E-state index in [2.05, 4.69) is 28.0 Å². The van der Waals surface area contributed by atoms with E-state index in [0.29, 0.717) is 12.2 Å². The van der Waals surface area contributed by atoms with E-state index in [1.807, 2.05) is 41.9 Å². The topological polar surface area (TPSA) is 44.1 Å². The first-order chi connectivity index (χ1) is 10.2. The van der Waals surface area contributed by atoms with Crippen LogP contribution >= 0.6 is 15.9 Å². The molecule has 0 amide bonds. The molecular formula is C16H19BrN2O2. The number of benzene rings is 1. The van der Waals surface area contributed by atoms with Crippen LogP contribution in [0, 0.1) is 0 Å². The van der Waals surface area contributed by atoms with Gasteiger partial charge in [0.15, 0.2) is 5.78 Å². The third kappa shape index (κ3) is 3.94. The van der Waals surface area contributed by atoms with Crippen molar-refractivity contribution >= 4 is 21.7 Å². The summed E-state index contributed by atoms with van der Waals surface area (Å²) in [6.45, 7) is 4.90. The monoisotopic (exact) mass is 350 g/mol. The number of ketones is 1. The third-order valence-corrected chi connectivity index (χ3v) is 4.12. The predicted octanol–water partition coefficient (Wildman–Crippen LogP) is 3.42. The van der Waals surface area contributed by atoms with E-state index in [-0.39, 0.29) is 12.4 Å². The van der Waals surface area contributed by atoms with Crippen molar-refractivity contribution in [3.05, 3.63) is 46.2 Å². The summed E-state index contributed by atoms with van der Waals surface area (Å²) in [5, 5.41) is 4.49. The highest BCUT2D eigenvalue weighted by Crippen LogP contribution is 2.23. The van der Waals surface area contributed by atoms with Crippen molar-refractivity contribution in [2.24, 2.45) is 0 Å². The molecule has 0 saturated carbocycles. The van der Waals surface area contributed by atoms with Gasteiger partial charge < -0.3 is 4.74 Å². The summed E-state index contributed by atoms with van der Waals surface area (Å²) in [6, 6.07) is 9.37. The van der Waals surface area contributed by atoms with Gasteiger partial charge in [-0.05, 0) is 41.4 Å². The van der Waals surface area contributed by atoms with Gasteiger partial charge in [-0.25, -0.2) is 0 Å². The number of aromatic nitrogens is 2. The predicted molar refractivity (Wildman–Crippen MR) is 85.6 cm³/mol. The Balaban J connectivity index is 2.01. The Hall–Kier alpha value is -1.62. The fraction of sp³-hybridized carbons (Fsp3) is 0.375. The van der Waals surface area contributed by atoms with E-state index in [4.69, 9.17) is 4.74 Å². The normalized spacial score (nSPS) is 10.6. The second-order valence-electron chi connectivity index (χ2n) is 4.69. The number of hydrogen-bond donors (Lipinski definition) is 0. The lowest BCUT2D eigenvalue weighted by molar-refractivity contribution is -0.120. The summed E-state index contributed by atoms with van der Waals surface area (Å²) in [5.41, 5.74) is 1.92. The second-order valence-corrected chi connectivity index (χ2v) is 5.49. The molecule has 0 bridgehead atoms. The number of ether oxygens (including phenoxy) is 1. The smallest absolute Gasteiger partial charge is 0.176 e. The number of para-hydroxylation sites is 1. The molecule has 5 heteroatoms. The molecule has 1 aromatic carbocycles. The number of carbonyl (C=O) groups excluding carboxylic acids is 1. The Morgan fingerprint density at radius 2 is 2.00 bits per heavy atom. The van der Waals surface area contributed by atoms with Crippen molar-refractivity contribution in [2.45, 2.75) is 33.2 Å². The summed E-state index contributed by atoms with van der Waals surface area (Å²) >= 11 is 3.55. The third-order valence-electron chi connectivity index (χ3n) is 3.20. The van der Waals surface area contributed by atoms with Crippen molar-refractivity contribution in [3.8, 4) is 5.75 Å². The molecule has 0 aliphatic heterocycles. The maximum atomic E-state index is 12.1. The van der Waals surface area contributed by atoms with E-state index in [1.54, 1.807) is 0 Å². The van der Waals surface area contributed by atoms with Crippen LogP contribution in [0.5, 0.6) is 5.75 Å². The number of halogens is 1. The largest absolute Gasteiger partial charge is 0.486 e. The number of rotatable bonds is 7. The molecule has 0 spiro atoms. The standard InChI is InChI=1S/C16H19BrN2O2/c1-3-14-16(17)15(19(4-2)18-14)10-12(20)11-21-13-8-6-5-7-9-13/h5-9H,3-4,10-11H2,1-2H3. The second kappa shape index (κ2) is 7.41. The molecule has 2 rings (SSSR count). The molecule has 112 valence electrons. The fourth-order valence-electron chi connectivity index (χ4n) is 2.10. The van der Waals surface area contributed by atoms with Crippen LogP contribution in [-0.4, -0.2) is 22.2 Å². The molecule has 1 aromatic heterocycles. The number of hydrogen-bond acceptors (Lipinski definition) is 3. The molecule has 21 heavy (non-hydrogen) atoms. The van der Waals surface area contributed by atoms with Crippen molar-refractivity contribution in [1.82, 2.24) is 9.78 Å². The fourth-order valence-corrected chi connectivity index (χ4v) is 2.81. The molecule has 0 unspecified atom stereocenters. The average Bonchev–Trinajstić information content (AvgIpc) is 2.82. The van der Waals surface area contributed by atoms with Crippen LogP contribution in [0.2, 0.25) is 0 Å². The Labute approximate surface area is 133 Å². The van der Waals surface area contributed by atoms with Crippen LogP contribution in [0.3, 0.4) is 0 Å². The first-order valence-corrected chi connectivity index (χ1v) is 7.88. The van der Waals surface area contributed by atoms with Crippen molar-refractivity contribution in [3.63, 3.8) is 0 Å². The number of Topliss-reactive ketones (excluding diaryl/α,β-unsaturated/α-hetero) is 1. The highest BCUT2D eigenvalue weighted by atomic mass is 79.9. The quantitative estimate of drug-likeness (QED) is 0.768. The summed E-state index contributed by atoms with van der Waals surface area (Å²) in [5.74, 6) is 0.750. The molecule has 0 N–H and O–H groups in total. The first kappa shape index (κ1) is 15.8. The van der Waals surface area contributed by atoms with Crippen molar-refractivity contribution in [2.75, 3.05) is 6.61 Å². The van der Waals surface area contributed by atoms with Crippen molar-refractivity contribution < 1.29 is 9.53 Å². The van der Waals surface area contributed by atoms with Gasteiger partial charge in [-0.1, -0.05) is 25.1 Å². The number of carbonyl (C=O) groups is 1. The molecule has 1 heterocycles. The SMILES string of the molecule is CCc1nn(CC)c(CC(=O)COc2ccccc2)c1Br. The van der Waals surface area contributed by atoms with Gasteiger partial charge in [0.25, 0.3) is 0 Å². The number of aryl methyl sites for hydroxylation is 2. The van der Waals surface area contributed by atoms with E-state index in [9.17, 15) is 4.79 Å². The summed E-state index contributed by atoms with van der Waals surface area (Å²) in [6.07, 6.45) is 1.17. The van der Waals surface area contributed by atoms with E-state index in [1.165, 1.54) is 0 Å². The van der Waals surface area contributed by atoms with Gasteiger partial charge >= 0.3 is 0 Å².